The molecule has 126 valence electrons. The van der Waals surface area contributed by atoms with Gasteiger partial charge in [0.25, 0.3) is 5.91 Å². The molecule has 1 saturated heterocycles. The number of hydrogen-bond acceptors (Lipinski definition) is 5. The van der Waals surface area contributed by atoms with E-state index in [2.05, 4.69) is 15.5 Å². The number of rotatable bonds is 4. The third-order valence-electron chi connectivity index (χ3n) is 3.88. The summed E-state index contributed by atoms with van der Waals surface area (Å²) in [6.07, 6.45) is 2.19. The second-order valence-electron chi connectivity index (χ2n) is 5.51. The zero-order valence-electron chi connectivity index (χ0n) is 13.2. The molecule has 8 heteroatoms. The molecule has 6 nitrogen and oxygen atoms in total. The van der Waals surface area contributed by atoms with Gasteiger partial charge in [-0.2, -0.15) is 0 Å². The number of nitrogens with one attached hydrogen (secondary N) is 1. The van der Waals surface area contributed by atoms with Crippen molar-refractivity contribution in [2.75, 3.05) is 11.9 Å². The van der Waals surface area contributed by atoms with Gasteiger partial charge in [0.15, 0.2) is 0 Å². The molecule has 1 aliphatic heterocycles. The lowest BCUT2D eigenvalue weighted by Gasteiger charge is -2.21. The Hall–Kier alpha value is -2.35. The molecule has 1 aliphatic rings. The van der Waals surface area contributed by atoms with Crippen molar-refractivity contribution in [3.8, 4) is 0 Å². The van der Waals surface area contributed by atoms with E-state index in [9.17, 15) is 14.0 Å². The summed E-state index contributed by atoms with van der Waals surface area (Å²) < 4.78 is 13.2. The lowest BCUT2D eigenvalue weighted by Crippen LogP contribution is -2.29. The van der Waals surface area contributed by atoms with Crippen LogP contribution in [0.25, 0.3) is 0 Å². The van der Waals surface area contributed by atoms with Crippen LogP contribution in [0.2, 0.25) is 0 Å². The second kappa shape index (κ2) is 7.04. The highest BCUT2D eigenvalue weighted by Gasteiger charge is 2.32. The largest absolute Gasteiger partial charge is 0.333 e. The monoisotopic (exact) mass is 348 g/mol. The molecule has 0 aliphatic carbocycles. The van der Waals surface area contributed by atoms with Crippen molar-refractivity contribution in [2.24, 2.45) is 0 Å². The van der Waals surface area contributed by atoms with Crippen molar-refractivity contribution < 1.29 is 14.0 Å². The molecule has 0 unspecified atom stereocenters. The summed E-state index contributed by atoms with van der Waals surface area (Å²) >= 11 is 1.17. The Bertz CT molecular complexity index is 764. The lowest BCUT2D eigenvalue weighted by molar-refractivity contribution is -0.131. The first kappa shape index (κ1) is 16.5. The van der Waals surface area contributed by atoms with Crippen LogP contribution in [0.3, 0.4) is 0 Å². The Kier molecular flexibility index (Phi) is 4.84. The van der Waals surface area contributed by atoms with E-state index in [4.69, 9.17) is 0 Å². The maximum Gasteiger partial charge on any atom is 0.286 e. The fourth-order valence-corrected chi connectivity index (χ4v) is 3.62. The van der Waals surface area contributed by atoms with E-state index < -0.39 is 11.7 Å². The molecule has 1 aromatic heterocycles. The van der Waals surface area contributed by atoms with Crippen molar-refractivity contribution in [1.29, 1.82) is 0 Å². The van der Waals surface area contributed by atoms with E-state index in [-0.39, 0.29) is 17.0 Å². The smallest absolute Gasteiger partial charge is 0.286 e. The van der Waals surface area contributed by atoms with Crippen LogP contribution in [-0.2, 0) is 4.79 Å². The number of aromatic nitrogens is 2. The van der Waals surface area contributed by atoms with Crippen molar-refractivity contribution in [1.82, 2.24) is 15.1 Å². The van der Waals surface area contributed by atoms with E-state index in [0.717, 1.165) is 12.8 Å². The quantitative estimate of drug-likeness (QED) is 0.922. The molecule has 1 atom stereocenters. The molecule has 1 aromatic carbocycles. The van der Waals surface area contributed by atoms with Crippen LogP contribution < -0.4 is 5.32 Å². The van der Waals surface area contributed by atoms with Crippen molar-refractivity contribution in [3.63, 3.8) is 0 Å². The molecule has 1 N–H and O–H groups in total. The van der Waals surface area contributed by atoms with Crippen LogP contribution in [0.4, 0.5) is 10.1 Å². The average Bonchev–Trinajstić information content (AvgIpc) is 3.23. The van der Waals surface area contributed by atoms with Gasteiger partial charge in [-0.15, -0.1) is 10.2 Å². The van der Waals surface area contributed by atoms with Crippen LogP contribution in [0, 0.1) is 5.82 Å². The number of anilines is 1. The minimum absolute atomic E-state index is 0.0819. The summed E-state index contributed by atoms with van der Waals surface area (Å²) in [6.45, 7) is 2.54. The van der Waals surface area contributed by atoms with E-state index in [0.29, 0.717) is 23.7 Å². The molecule has 0 saturated carbocycles. The van der Waals surface area contributed by atoms with Crippen LogP contribution in [0.15, 0.2) is 24.3 Å². The molecule has 0 bridgehead atoms. The first-order chi connectivity index (χ1) is 11.6. The summed E-state index contributed by atoms with van der Waals surface area (Å²) in [7, 11) is 0. The molecule has 3 rings (SSSR count). The summed E-state index contributed by atoms with van der Waals surface area (Å²) in [5.41, 5.74) is 0.361. The maximum absolute atomic E-state index is 13.2. The molecule has 24 heavy (non-hydrogen) atoms. The molecule has 2 amide bonds. The number of carbonyl (C=O) groups is 2. The zero-order chi connectivity index (χ0) is 17.1. The number of nitrogens with zero attached hydrogens (tertiary/aromatic N) is 3. The summed E-state index contributed by atoms with van der Waals surface area (Å²) in [5.74, 6) is -0.778. The first-order valence-electron chi connectivity index (χ1n) is 7.78. The Morgan fingerprint density at radius 3 is 3.00 bits per heavy atom. The predicted molar refractivity (Wildman–Crippen MR) is 88.2 cm³/mol. The van der Waals surface area contributed by atoms with Gasteiger partial charge in [0.2, 0.25) is 10.9 Å². The lowest BCUT2D eigenvalue weighted by atomic mass is 10.2. The number of likely N-dealkylation sites (tertiary alicyclic amines) is 1. The number of carbonyl (C=O) groups excluding carboxylic acids is 2. The number of hydrogen-bond donors (Lipinski definition) is 1. The van der Waals surface area contributed by atoms with Gasteiger partial charge < -0.3 is 10.2 Å². The Labute approximate surface area is 142 Å². The van der Waals surface area contributed by atoms with Gasteiger partial charge in [-0.25, -0.2) is 4.39 Å². The van der Waals surface area contributed by atoms with Gasteiger partial charge >= 0.3 is 0 Å². The first-order valence-corrected chi connectivity index (χ1v) is 8.60. The molecule has 1 fully saturated rings. The summed E-state index contributed by atoms with van der Waals surface area (Å²) in [5, 5.41) is 11.5. The van der Waals surface area contributed by atoms with Crippen molar-refractivity contribution in [3.05, 3.63) is 40.1 Å². The van der Waals surface area contributed by atoms with Gasteiger partial charge in [0.05, 0.1) is 6.04 Å². The summed E-state index contributed by atoms with van der Waals surface area (Å²) in [6, 6.07) is 5.55. The SMILES string of the molecule is CCC(=O)N1CCC[C@H]1c1nnc(C(=O)Nc2cccc(F)c2)s1. The van der Waals surface area contributed by atoms with Crippen LogP contribution >= 0.6 is 11.3 Å². The summed E-state index contributed by atoms with van der Waals surface area (Å²) in [4.78, 5) is 26.0. The average molecular weight is 348 g/mol. The predicted octanol–water partition coefficient (Wildman–Crippen LogP) is 3.00. The zero-order valence-corrected chi connectivity index (χ0v) is 14.0. The third kappa shape index (κ3) is 3.43. The van der Waals surface area contributed by atoms with Crippen molar-refractivity contribution in [2.45, 2.75) is 32.2 Å². The molecular weight excluding hydrogens is 331 g/mol. The second-order valence-corrected chi connectivity index (χ2v) is 6.52. The number of halogens is 1. The normalized spacial score (nSPS) is 17.1. The standard InChI is InChI=1S/C16H17FN4O2S/c1-2-13(22)21-8-4-7-12(21)15-19-20-16(24-15)14(23)18-11-6-3-5-10(17)9-11/h3,5-6,9,12H,2,4,7-8H2,1H3,(H,18,23)/t12-/m0/s1. The van der Waals surface area contributed by atoms with Crippen LogP contribution in [0.1, 0.15) is 47.0 Å². The van der Waals surface area contributed by atoms with E-state index >= 15 is 0 Å². The Morgan fingerprint density at radius 2 is 2.25 bits per heavy atom. The van der Waals surface area contributed by atoms with Gasteiger partial charge in [-0.05, 0) is 31.0 Å². The highest BCUT2D eigenvalue weighted by Crippen LogP contribution is 2.34. The van der Waals surface area contributed by atoms with Gasteiger partial charge in [0.1, 0.15) is 10.8 Å². The fraction of sp³-hybridized carbons (Fsp3) is 0.375. The minimum atomic E-state index is -0.435. The molecule has 2 heterocycles. The van der Waals surface area contributed by atoms with Gasteiger partial charge in [-0.1, -0.05) is 24.3 Å². The molecule has 0 spiro atoms. The molecule has 0 radical (unpaired) electrons. The van der Waals surface area contributed by atoms with Crippen LogP contribution in [-0.4, -0.2) is 33.5 Å². The maximum atomic E-state index is 13.2. The Balaban J connectivity index is 1.73. The van der Waals surface area contributed by atoms with E-state index in [1.54, 1.807) is 11.0 Å². The van der Waals surface area contributed by atoms with Gasteiger partial charge in [0, 0.05) is 18.7 Å². The fourth-order valence-electron chi connectivity index (χ4n) is 2.74. The third-order valence-corrected chi connectivity index (χ3v) is 4.90. The topological polar surface area (TPSA) is 75.2 Å². The van der Waals surface area contributed by atoms with Crippen LogP contribution in [0.5, 0.6) is 0 Å². The van der Waals surface area contributed by atoms with Gasteiger partial charge in [-0.3, -0.25) is 9.59 Å². The Morgan fingerprint density at radius 1 is 1.42 bits per heavy atom. The number of benzene rings is 1. The highest BCUT2D eigenvalue weighted by molar-refractivity contribution is 7.13. The molecular formula is C16H17FN4O2S. The highest BCUT2D eigenvalue weighted by atomic mass is 32.1. The minimum Gasteiger partial charge on any atom is -0.333 e. The molecule has 2 aromatic rings. The van der Waals surface area contributed by atoms with Crippen molar-refractivity contribution >= 4 is 28.8 Å². The van der Waals surface area contributed by atoms with E-state index in [1.165, 1.54) is 29.5 Å². The number of amides is 2. The van der Waals surface area contributed by atoms with E-state index in [1.807, 2.05) is 6.92 Å².